The van der Waals surface area contributed by atoms with Gasteiger partial charge in [0.25, 0.3) is 5.91 Å². The van der Waals surface area contributed by atoms with Crippen LogP contribution in [0.15, 0.2) is 119 Å². The molecular formula is C48H44N5O5+. The first-order valence-electron chi connectivity index (χ1n) is 19.3. The molecule has 1 spiro atoms. The molecule has 290 valence electrons. The maximum atomic E-state index is 13.9. The number of carbonyl (C=O) groups excluding carboxylic acids is 1. The third-order valence-corrected chi connectivity index (χ3v) is 11.9. The molecule has 10 nitrogen and oxygen atoms in total. The molecule has 1 aliphatic carbocycles. The van der Waals surface area contributed by atoms with Crippen molar-refractivity contribution in [2.24, 2.45) is 4.99 Å². The summed E-state index contributed by atoms with van der Waals surface area (Å²) in [5.74, 6) is -0.188. The van der Waals surface area contributed by atoms with Crippen molar-refractivity contribution in [2.45, 2.75) is 31.5 Å². The molecule has 2 N–H and O–H groups in total. The van der Waals surface area contributed by atoms with E-state index in [-0.39, 0.29) is 23.6 Å². The molecule has 0 radical (unpaired) electrons. The predicted octanol–water partition coefficient (Wildman–Crippen LogP) is 8.30. The normalized spacial score (nSPS) is 16.4. The van der Waals surface area contributed by atoms with E-state index in [1.54, 1.807) is 12.1 Å². The number of rotatable bonds is 6. The molecule has 58 heavy (non-hydrogen) atoms. The number of hydrogen-bond donors (Lipinski definition) is 2. The minimum atomic E-state index is -1.14. The maximum absolute atomic E-state index is 13.9. The van der Waals surface area contributed by atoms with E-state index in [1.807, 2.05) is 118 Å². The lowest BCUT2D eigenvalue weighted by Crippen LogP contribution is -2.61. The van der Waals surface area contributed by atoms with Gasteiger partial charge in [0.15, 0.2) is 0 Å². The van der Waals surface area contributed by atoms with Gasteiger partial charge in [-0.25, -0.2) is 9.37 Å². The van der Waals surface area contributed by atoms with Crippen LogP contribution in [-0.4, -0.2) is 64.2 Å². The lowest BCUT2D eigenvalue weighted by atomic mass is 9.75. The molecule has 3 heterocycles. The van der Waals surface area contributed by atoms with E-state index in [1.165, 1.54) is 6.07 Å². The Bertz CT molecular complexity index is 2940. The van der Waals surface area contributed by atoms with Gasteiger partial charge in [-0.3, -0.25) is 9.79 Å². The summed E-state index contributed by atoms with van der Waals surface area (Å²) in [5, 5.41) is 17.6. The molecule has 1 unspecified atom stereocenters. The second-order valence-corrected chi connectivity index (χ2v) is 16.1. The van der Waals surface area contributed by atoms with Crippen molar-refractivity contribution in [1.82, 2.24) is 9.89 Å². The molecule has 3 aliphatic heterocycles. The van der Waals surface area contributed by atoms with Gasteiger partial charge in [-0.15, -0.1) is 0 Å². The molecule has 5 aromatic rings. The van der Waals surface area contributed by atoms with Crippen LogP contribution < -0.4 is 29.8 Å². The van der Waals surface area contributed by atoms with E-state index in [9.17, 15) is 14.7 Å². The quantitative estimate of drug-likeness (QED) is 0.129. The van der Waals surface area contributed by atoms with Crippen LogP contribution in [0.3, 0.4) is 0 Å². The number of carboxylic acids is 1. The Kier molecular flexibility index (Phi) is 8.43. The number of nitrogens with one attached hydrogen (secondary N) is 1. The van der Waals surface area contributed by atoms with Crippen LogP contribution in [0.25, 0.3) is 44.2 Å². The van der Waals surface area contributed by atoms with Crippen molar-refractivity contribution in [3.63, 3.8) is 0 Å². The highest BCUT2D eigenvalue weighted by Gasteiger charge is 2.59. The predicted molar refractivity (Wildman–Crippen MR) is 231 cm³/mol. The number of benzene rings is 6. The number of aromatic carboxylic acids is 1. The van der Waals surface area contributed by atoms with Crippen LogP contribution in [0.5, 0.6) is 5.75 Å². The third kappa shape index (κ3) is 5.54. The Morgan fingerprint density at radius 2 is 1.67 bits per heavy atom. The zero-order chi connectivity index (χ0) is 40.7. The Morgan fingerprint density at radius 1 is 0.879 bits per heavy atom. The van der Waals surface area contributed by atoms with E-state index < -0.39 is 17.1 Å². The first-order chi connectivity index (χ1) is 27.8. The van der Waals surface area contributed by atoms with Crippen LogP contribution in [0.2, 0.25) is 0 Å². The number of nitrogens with zero attached hydrogens (tertiary/aromatic N) is 4. The monoisotopic (exact) mass is 770 g/mol. The Balaban J connectivity index is 1.05. The summed E-state index contributed by atoms with van der Waals surface area (Å²) in [5.41, 5.74) is 6.06. The zero-order valence-corrected chi connectivity index (χ0v) is 33.5. The summed E-state index contributed by atoms with van der Waals surface area (Å²) in [6.07, 6.45) is 1.91. The van der Waals surface area contributed by atoms with Gasteiger partial charge < -0.3 is 29.4 Å². The lowest BCUT2D eigenvalue weighted by Gasteiger charge is -2.45. The van der Waals surface area contributed by atoms with E-state index in [2.05, 4.69) is 48.3 Å². The number of likely N-dealkylation sites (N-methyl/N-ethyl adjacent to an activating group) is 1. The molecule has 0 fully saturated rings. The molecule has 0 saturated heterocycles. The van der Waals surface area contributed by atoms with Crippen molar-refractivity contribution in [3.05, 3.63) is 137 Å². The highest BCUT2D eigenvalue weighted by molar-refractivity contribution is 6.09. The topological polar surface area (TPSA) is 111 Å². The van der Waals surface area contributed by atoms with E-state index in [4.69, 9.17) is 14.1 Å². The highest BCUT2D eigenvalue weighted by Crippen LogP contribution is 2.55. The fourth-order valence-corrected chi connectivity index (χ4v) is 8.83. The number of amides is 1. The summed E-state index contributed by atoms with van der Waals surface area (Å²) >= 11 is 0. The smallest absolute Gasteiger partial charge is 0.336 e. The van der Waals surface area contributed by atoms with Crippen LogP contribution in [-0.2, 0) is 12.0 Å². The number of ether oxygens (including phenoxy) is 1. The van der Waals surface area contributed by atoms with Crippen LogP contribution >= 0.6 is 0 Å². The van der Waals surface area contributed by atoms with E-state index >= 15 is 0 Å². The molecule has 5 aromatic carbocycles. The van der Waals surface area contributed by atoms with Crippen LogP contribution in [0.1, 0.15) is 45.7 Å². The number of aliphatic imine (C=N–C) groups is 1. The maximum Gasteiger partial charge on any atom is 0.336 e. The minimum absolute atomic E-state index is 0.0157. The number of anilines is 2. The van der Waals surface area contributed by atoms with Gasteiger partial charge in [0.05, 0.1) is 23.3 Å². The standard InChI is InChI=1S/C48H43N5O5/c1-47(2)43-30(12-10-14-38(43)53(7)48(47)27-50-44-33-13-9-8-11-28(33)16-22-39(44)58-48)26-49-45(54)29-15-19-34(37(23-29)46(55)56)42-35-20-17-31(51(3)4)24-40(35)57-41-25-32(52(5)6)18-21-36(41)42/h8-25,27H,26H2,1-7H3,(H-,49,54,55,56)/p+1. The van der Waals surface area contributed by atoms with Gasteiger partial charge in [0.1, 0.15) is 36.9 Å². The van der Waals surface area contributed by atoms with Crippen molar-refractivity contribution in [3.8, 4) is 28.2 Å². The Labute approximate surface area is 336 Å². The SMILES string of the molecule is CN(C)c1ccc2c(-c3ccc(C(=O)NCc4cccc5c4C(C)(C)C4(C=Nc6c(ccc7ccccc67)O4)N5C)cc3C(=O)O)c3ccc(=[N+](C)C)cc-3oc2c1. The Morgan fingerprint density at radius 3 is 2.45 bits per heavy atom. The van der Waals surface area contributed by atoms with Crippen LogP contribution in [0.4, 0.5) is 17.1 Å². The fourth-order valence-electron chi connectivity index (χ4n) is 8.83. The Hall–Kier alpha value is -6.94. The molecular weight excluding hydrogens is 727 g/mol. The van der Waals surface area contributed by atoms with Crippen molar-refractivity contribution >= 4 is 56.9 Å². The average Bonchev–Trinajstić information content (AvgIpc) is 3.38. The molecule has 1 atom stereocenters. The summed E-state index contributed by atoms with van der Waals surface area (Å²) in [6.45, 7) is 4.50. The van der Waals surface area contributed by atoms with Crippen molar-refractivity contribution < 1.29 is 23.8 Å². The molecule has 10 heteroatoms. The molecule has 9 rings (SSSR count). The highest BCUT2D eigenvalue weighted by atomic mass is 16.5. The van der Waals surface area contributed by atoms with E-state index in [0.717, 1.165) is 60.8 Å². The number of carboxylic acid groups (broad SMARTS) is 1. The molecule has 1 amide bonds. The third-order valence-electron chi connectivity index (χ3n) is 11.9. The summed E-state index contributed by atoms with van der Waals surface area (Å²) in [4.78, 5) is 36.1. The average molecular weight is 771 g/mol. The second kappa shape index (κ2) is 13.3. The summed E-state index contributed by atoms with van der Waals surface area (Å²) in [7, 11) is 9.85. The fraction of sp³-hybridized carbons (Fsp3) is 0.208. The van der Waals surface area contributed by atoms with Gasteiger partial charge in [-0.1, -0.05) is 48.5 Å². The second-order valence-electron chi connectivity index (χ2n) is 16.1. The van der Waals surface area contributed by atoms with Gasteiger partial charge in [-0.05, 0) is 78.4 Å². The van der Waals surface area contributed by atoms with Gasteiger partial charge in [-0.2, -0.15) is 0 Å². The van der Waals surface area contributed by atoms with Crippen molar-refractivity contribution in [1.29, 1.82) is 0 Å². The van der Waals surface area contributed by atoms with Gasteiger partial charge >= 0.3 is 5.97 Å². The number of carbonyl (C=O) groups is 2. The van der Waals surface area contributed by atoms with Gasteiger partial charge in [0.2, 0.25) is 11.1 Å². The summed E-state index contributed by atoms with van der Waals surface area (Å²) < 4.78 is 15.4. The van der Waals surface area contributed by atoms with E-state index in [0.29, 0.717) is 22.7 Å². The minimum Gasteiger partial charge on any atom is -0.478 e. The lowest BCUT2D eigenvalue weighted by molar-refractivity contribution is 0.0697. The largest absolute Gasteiger partial charge is 0.478 e. The molecule has 0 saturated carbocycles. The van der Waals surface area contributed by atoms with Gasteiger partial charge in [0, 0.05) is 78.7 Å². The summed E-state index contributed by atoms with van der Waals surface area (Å²) in [6, 6.07) is 34.9. The number of fused-ring (bicyclic) bond motifs is 6. The van der Waals surface area contributed by atoms with Crippen LogP contribution in [0, 0.1) is 0 Å². The molecule has 0 bridgehead atoms. The number of hydrogen-bond acceptors (Lipinski definition) is 7. The molecule has 4 aliphatic rings. The molecule has 0 aromatic heterocycles. The first kappa shape index (κ1) is 36.7. The zero-order valence-electron chi connectivity index (χ0n) is 33.5. The first-order valence-corrected chi connectivity index (χ1v) is 19.3. The van der Waals surface area contributed by atoms with Crippen molar-refractivity contribution in [2.75, 3.05) is 45.0 Å².